The number of hydrogen-bond donors (Lipinski definition) is 1. The Morgan fingerprint density at radius 1 is 1.33 bits per heavy atom. The number of nitrogens with zero attached hydrogens (tertiary/aromatic N) is 1. The van der Waals surface area contributed by atoms with Gasteiger partial charge in [0.05, 0.1) is 13.3 Å². The second-order valence-electron chi connectivity index (χ2n) is 9.26. The molecule has 2 rings (SSSR count). The van der Waals surface area contributed by atoms with Crippen molar-refractivity contribution in [2.75, 3.05) is 7.11 Å². The van der Waals surface area contributed by atoms with E-state index in [-0.39, 0.29) is 23.2 Å². The first-order valence-corrected chi connectivity index (χ1v) is 13.7. The van der Waals surface area contributed by atoms with Crippen LogP contribution in [0, 0.1) is 5.92 Å². The third-order valence-corrected chi connectivity index (χ3v) is 11.6. The third-order valence-electron chi connectivity index (χ3n) is 6.10. The summed E-state index contributed by atoms with van der Waals surface area (Å²) in [6.45, 7) is 11.2. The highest BCUT2D eigenvalue weighted by Gasteiger charge is 2.42. The van der Waals surface area contributed by atoms with Crippen molar-refractivity contribution < 1.29 is 14.0 Å². The minimum absolute atomic E-state index is 0.0816. The fraction of sp³-hybridized carbons (Fsp3) is 0.800. The molecule has 1 aromatic heterocycles. The second-order valence-corrected chi connectivity index (χ2v) is 15.1. The van der Waals surface area contributed by atoms with E-state index in [4.69, 9.17) is 14.9 Å². The molecule has 0 radical (unpaired) electrons. The highest BCUT2D eigenvalue weighted by molar-refractivity contribution is 7.13. The quantitative estimate of drug-likeness (QED) is 0.486. The average Bonchev–Trinajstić information content (AvgIpc) is 3.08. The zero-order chi connectivity index (χ0) is 20.2. The standard InChI is InChI=1S/C20H36N2O3SSi/c1-20(2,3)27(5,6)25-17(15(21)12-14-10-8-7-9-11-14)18-22-13-16(26-18)19(23)24-4/h13-15,17H,7-12,21H2,1-6H3/t15?,17-/m1/s1. The smallest absolute Gasteiger partial charge is 0.349 e. The van der Waals surface area contributed by atoms with Crippen molar-refractivity contribution in [3.8, 4) is 0 Å². The largest absolute Gasteiger partial charge is 0.465 e. The predicted octanol–water partition coefficient (Wildman–Crippen LogP) is 5.29. The summed E-state index contributed by atoms with van der Waals surface area (Å²) < 4.78 is 11.6. The Balaban J connectivity index is 2.24. The van der Waals surface area contributed by atoms with Crippen LogP contribution >= 0.6 is 11.3 Å². The van der Waals surface area contributed by atoms with Crippen LogP contribution in [-0.4, -0.2) is 32.4 Å². The van der Waals surface area contributed by atoms with Gasteiger partial charge in [-0.1, -0.05) is 52.9 Å². The summed E-state index contributed by atoms with van der Waals surface area (Å²) in [6.07, 6.45) is 8.72. The van der Waals surface area contributed by atoms with Crippen LogP contribution in [-0.2, 0) is 9.16 Å². The second kappa shape index (κ2) is 9.16. The zero-order valence-corrected chi connectivity index (χ0v) is 19.5. The highest BCUT2D eigenvalue weighted by atomic mass is 32.1. The van der Waals surface area contributed by atoms with E-state index in [0.717, 1.165) is 11.4 Å². The van der Waals surface area contributed by atoms with E-state index < -0.39 is 8.32 Å². The fourth-order valence-corrected chi connectivity index (χ4v) is 5.66. The lowest BCUT2D eigenvalue weighted by molar-refractivity contribution is 0.0606. The molecule has 0 aliphatic heterocycles. The van der Waals surface area contributed by atoms with Gasteiger partial charge in [0.15, 0.2) is 8.32 Å². The Morgan fingerprint density at radius 3 is 2.52 bits per heavy atom. The van der Waals surface area contributed by atoms with Crippen molar-refractivity contribution >= 4 is 25.6 Å². The SMILES string of the molecule is COC(=O)c1cnc([C@H](O[Si](C)(C)C(C)(C)C)C(N)CC2CCCCC2)s1. The number of rotatable bonds is 7. The molecule has 1 fully saturated rings. The minimum Gasteiger partial charge on any atom is -0.465 e. The lowest BCUT2D eigenvalue weighted by Crippen LogP contribution is -2.46. The Kier molecular flexibility index (Phi) is 7.64. The summed E-state index contributed by atoms with van der Waals surface area (Å²) in [6, 6.07) is -0.112. The summed E-state index contributed by atoms with van der Waals surface area (Å²) >= 11 is 1.35. The maximum absolute atomic E-state index is 11.9. The monoisotopic (exact) mass is 412 g/mol. The van der Waals surface area contributed by atoms with E-state index in [9.17, 15) is 4.79 Å². The summed E-state index contributed by atoms with van der Waals surface area (Å²) in [4.78, 5) is 16.9. The van der Waals surface area contributed by atoms with Gasteiger partial charge < -0.3 is 14.9 Å². The number of nitrogens with two attached hydrogens (primary N) is 1. The predicted molar refractivity (Wildman–Crippen MR) is 114 cm³/mol. The molecule has 5 nitrogen and oxygen atoms in total. The molecule has 1 aromatic rings. The Bertz CT molecular complexity index is 621. The summed E-state index contributed by atoms with van der Waals surface area (Å²) in [5.41, 5.74) is 6.70. The number of thiazole rings is 1. The summed E-state index contributed by atoms with van der Waals surface area (Å²) in [7, 11) is -0.646. The van der Waals surface area contributed by atoms with Crippen LogP contribution in [0.2, 0.25) is 18.1 Å². The van der Waals surface area contributed by atoms with Crippen LogP contribution < -0.4 is 5.73 Å². The molecule has 1 aliphatic rings. The number of aromatic nitrogens is 1. The van der Waals surface area contributed by atoms with E-state index in [1.54, 1.807) is 6.20 Å². The lowest BCUT2D eigenvalue weighted by Gasteiger charge is -2.40. The van der Waals surface area contributed by atoms with Crippen molar-refractivity contribution in [1.29, 1.82) is 0 Å². The zero-order valence-electron chi connectivity index (χ0n) is 17.7. The van der Waals surface area contributed by atoms with Gasteiger partial charge in [-0.25, -0.2) is 9.78 Å². The number of hydrogen-bond acceptors (Lipinski definition) is 6. The molecule has 0 aromatic carbocycles. The van der Waals surface area contributed by atoms with Gasteiger partial charge in [0.2, 0.25) is 0 Å². The van der Waals surface area contributed by atoms with Crippen molar-refractivity contribution in [3.63, 3.8) is 0 Å². The van der Waals surface area contributed by atoms with E-state index >= 15 is 0 Å². The first kappa shape index (κ1) is 22.5. The molecule has 1 aliphatic carbocycles. The van der Waals surface area contributed by atoms with Gasteiger partial charge in [-0.3, -0.25) is 0 Å². The molecule has 27 heavy (non-hydrogen) atoms. The van der Waals surface area contributed by atoms with Gasteiger partial charge in [-0.15, -0.1) is 11.3 Å². The van der Waals surface area contributed by atoms with Gasteiger partial charge in [0.25, 0.3) is 0 Å². The molecule has 0 spiro atoms. The topological polar surface area (TPSA) is 74.4 Å². The molecule has 1 saturated carbocycles. The van der Waals surface area contributed by atoms with Crippen molar-refractivity contribution in [1.82, 2.24) is 4.98 Å². The first-order chi connectivity index (χ1) is 12.5. The molecule has 7 heteroatoms. The Hall–Kier alpha value is -0.763. The number of carbonyl (C=O) groups excluding carboxylic acids is 1. The maximum Gasteiger partial charge on any atom is 0.349 e. The van der Waals surface area contributed by atoms with Gasteiger partial charge in [-0.05, 0) is 30.5 Å². The van der Waals surface area contributed by atoms with E-state index in [1.165, 1.54) is 50.6 Å². The third kappa shape index (κ3) is 5.86. The molecule has 154 valence electrons. The molecule has 1 heterocycles. The van der Waals surface area contributed by atoms with Crippen LogP contribution in [0.25, 0.3) is 0 Å². The summed E-state index contributed by atoms with van der Waals surface area (Å²) in [5.74, 6) is 0.310. The highest BCUT2D eigenvalue weighted by Crippen LogP contribution is 2.42. The van der Waals surface area contributed by atoms with Crippen molar-refractivity contribution in [2.24, 2.45) is 11.7 Å². The summed E-state index contributed by atoms with van der Waals surface area (Å²) in [5, 5.41) is 0.877. The molecular formula is C20H36N2O3SSi. The molecular weight excluding hydrogens is 376 g/mol. The molecule has 1 unspecified atom stereocenters. The van der Waals surface area contributed by atoms with Gasteiger partial charge >= 0.3 is 5.97 Å². The molecule has 0 bridgehead atoms. The van der Waals surface area contributed by atoms with Crippen LogP contribution in [0.1, 0.15) is 80.1 Å². The number of methoxy groups -OCH3 is 1. The Labute approximate surface area is 169 Å². The van der Waals surface area contributed by atoms with E-state index in [1.807, 2.05) is 0 Å². The lowest BCUT2D eigenvalue weighted by atomic mass is 9.84. The van der Waals surface area contributed by atoms with E-state index in [0.29, 0.717) is 10.8 Å². The molecule has 0 amide bonds. The number of ether oxygens (including phenoxy) is 1. The molecule has 0 saturated heterocycles. The number of esters is 1. The maximum atomic E-state index is 11.9. The van der Waals surface area contributed by atoms with Gasteiger partial charge in [-0.2, -0.15) is 0 Å². The van der Waals surface area contributed by atoms with Crippen LogP contribution in [0.5, 0.6) is 0 Å². The fourth-order valence-electron chi connectivity index (χ4n) is 3.36. The normalized spacial score (nSPS) is 18.9. The van der Waals surface area contributed by atoms with Crippen molar-refractivity contribution in [2.45, 2.75) is 89.6 Å². The van der Waals surface area contributed by atoms with Crippen molar-refractivity contribution in [3.05, 3.63) is 16.1 Å². The first-order valence-electron chi connectivity index (χ1n) is 10.0. The van der Waals surface area contributed by atoms with Crippen LogP contribution in [0.15, 0.2) is 6.20 Å². The van der Waals surface area contributed by atoms with E-state index in [2.05, 4.69) is 38.8 Å². The van der Waals surface area contributed by atoms with Gasteiger partial charge in [0.1, 0.15) is 16.0 Å². The molecule has 2 N–H and O–H groups in total. The van der Waals surface area contributed by atoms with Crippen LogP contribution in [0.3, 0.4) is 0 Å². The van der Waals surface area contributed by atoms with Crippen LogP contribution in [0.4, 0.5) is 0 Å². The minimum atomic E-state index is -2.04. The van der Waals surface area contributed by atoms with Gasteiger partial charge in [0, 0.05) is 6.04 Å². The average molecular weight is 413 g/mol. The number of carbonyl (C=O) groups is 1. The molecule has 2 atom stereocenters. The Morgan fingerprint density at radius 2 is 1.96 bits per heavy atom.